The fourth-order valence-corrected chi connectivity index (χ4v) is 3.55. The summed E-state index contributed by atoms with van der Waals surface area (Å²) in [5.74, 6) is 2.46. The van der Waals surface area contributed by atoms with E-state index in [1.165, 1.54) is 32.1 Å². The van der Waals surface area contributed by atoms with Crippen molar-refractivity contribution in [2.75, 3.05) is 7.11 Å². The van der Waals surface area contributed by atoms with Crippen molar-refractivity contribution in [3.05, 3.63) is 24.0 Å². The monoisotopic (exact) mass is 287 g/mol. The summed E-state index contributed by atoms with van der Waals surface area (Å²) in [6, 6.07) is 6.12. The number of hydrogen-bond donors (Lipinski definition) is 1. The number of ether oxygens (including phenoxy) is 1. The molecule has 1 saturated carbocycles. The van der Waals surface area contributed by atoms with Gasteiger partial charge < -0.3 is 15.0 Å². The van der Waals surface area contributed by atoms with Gasteiger partial charge in [0.15, 0.2) is 0 Å². The maximum Gasteiger partial charge on any atom is 0.127 e. The summed E-state index contributed by atoms with van der Waals surface area (Å²) in [4.78, 5) is 4.83. The van der Waals surface area contributed by atoms with E-state index in [4.69, 9.17) is 15.5 Å². The first-order chi connectivity index (χ1) is 10.2. The molecule has 4 heteroatoms. The van der Waals surface area contributed by atoms with E-state index < -0.39 is 0 Å². The molecule has 0 aliphatic heterocycles. The van der Waals surface area contributed by atoms with Crippen LogP contribution in [0.5, 0.6) is 5.75 Å². The van der Waals surface area contributed by atoms with E-state index in [0.717, 1.165) is 29.2 Å². The highest BCUT2D eigenvalue weighted by Crippen LogP contribution is 2.34. The van der Waals surface area contributed by atoms with E-state index >= 15 is 0 Å². The van der Waals surface area contributed by atoms with Crippen LogP contribution in [0, 0.1) is 5.92 Å². The number of imidazole rings is 1. The molecule has 0 amide bonds. The van der Waals surface area contributed by atoms with Crippen LogP contribution in [0.4, 0.5) is 0 Å². The Kier molecular flexibility index (Phi) is 4.15. The van der Waals surface area contributed by atoms with Crippen LogP contribution in [0.3, 0.4) is 0 Å². The number of nitrogens with zero attached hydrogens (tertiary/aromatic N) is 2. The van der Waals surface area contributed by atoms with Gasteiger partial charge in [0.25, 0.3) is 0 Å². The molecule has 3 rings (SSSR count). The van der Waals surface area contributed by atoms with Gasteiger partial charge in [-0.2, -0.15) is 0 Å². The average Bonchev–Trinajstić information content (AvgIpc) is 2.92. The summed E-state index contributed by atoms with van der Waals surface area (Å²) in [6.45, 7) is 3.06. The molecule has 0 spiro atoms. The molecule has 114 valence electrons. The van der Waals surface area contributed by atoms with Gasteiger partial charge in [-0.15, -0.1) is 0 Å². The number of rotatable bonds is 4. The van der Waals surface area contributed by atoms with E-state index in [1.54, 1.807) is 7.11 Å². The van der Waals surface area contributed by atoms with Gasteiger partial charge in [0, 0.05) is 12.6 Å². The summed E-state index contributed by atoms with van der Waals surface area (Å²) in [5.41, 5.74) is 8.70. The molecule has 1 atom stereocenters. The zero-order valence-corrected chi connectivity index (χ0v) is 13.0. The number of aromatic nitrogens is 2. The van der Waals surface area contributed by atoms with Crippen molar-refractivity contribution in [2.24, 2.45) is 11.7 Å². The van der Waals surface area contributed by atoms with E-state index in [2.05, 4.69) is 17.6 Å². The number of methoxy groups -OCH3 is 1. The summed E-state index contributed by atoms with van der Waals surface area (Å²) < 4.78 is 7.56. The van der Waals surface area contributed by atoms with Crippen molar-refractivity contribution < 1.29 is 4.74 Å². The molecule has 1 aromatic heterocycles. The second-order valence-electron chi connectivity index (χ2n) is 5.99. The van der Waals surface area contributed by atoms with Crippen LogP contribution in [0.2, 0.25) is 0 Å². The molecule has 1 fully saturated rings. The van der Waals surface area contributed by atoms with Crippen molar-refractivity contribution in [3.8, 4) is 5.75 Å². The minimum atomic E-state index is 0.0450. The van der Waals surface area contributed by atoms with Crippen LogP contribution < -0.4 is 10.5 Å². The fraction of sp³-hybridized carbons (Fsp3) is 0.588. The Morgan fingerprint density at radius 1 is 1.33 bits per heavy atom. The maximum atomic E-state index is 6.57. The third-order valence-electron chi connectivity index (χ3n) is 4.76. The topological polar surface area (TPSA) is 53.1 Å². The van der Waals surface area contributed by atoms with Crippen LogP contribution in [0.1, 0.15) is 50.9 Å². The van der Waals surface area contributed by atoms with Gasteiger partial charge in [0.2, 0.25) is 0 Å². The Labute approximate surface area is 126 Å². The standard InChI is InChI=1S/C17H25N3O/c1-3-20-15-10-9-13(21-2)11-14(15)19-17(20)16(18)12-7-5-4-6-8-12/h9-12,16H,3-8,18H2,1-2H3. The van der Waals surface area contributed by atoms with Crippen molar-refractivity contribution in [1.82, 2.24) is 9.55 Å². The maximum absolute atomic E-state index is 6.57. The zero-order chi connectivity index (χ0) is 14.8. The lowest BCUT2D eigenvalue weighted by Crippen LogP contribution is -2.26. The lowest BCUT2D eigenvalue weighted by Gasteiger charge is -2.27. The Hall–Kier alpha value is -1.55. The van der Waals surface area contributed by atoms with Crippen LogP contribution in [-0.2, 0) is 6.54 Å². The van der Waals surface area contributed by atoms with Gasteiger partial charge in [-0.1, -0.05) is 19.3 Å². The minimum Gasteiger partial charge on any atom is -0.497 e. The first-order valence-corrected chi connectivity index (χ1v) is 8.04. The second kappa shape index (κ2) is 6.06. The Balaban J connectivity index is 2.00. The first kappa shape index (κ1) is 14.4. The van der Waals surface area contributed by atoms with Crippen molar-refractivity contribution in [2.45, 2.75) is 51.6 Å². The fourth-order valence-electron chi connectivity index (χ4n) is 3.55. The van der Waals surface area contributed by atoms with Crippen LogP contribution in [0.15, 0.2) is 18.2 Å². The molecular weight excluding hydrogens is 262 g/mol. The number of nitrogens with two attached hydrogens (primary N) is 1. The Bertz CT molecular complexity index is 614. The van der Waals surface area contributed by atoms with E-state index in [9.17, 15) is 0 Å². The average molecular weight is 287 g/mol. The lowest BCUT2D eigenvalue weighted by atomic mass is 9.84. The highest BCUT2D eigenvalue weighted by atomic mass is 16.5. The predicted molar refractivity (Wildman–Crippen MR) is 85.5 cm³/mol. The van der Waals surface area contributed by atoms with Gasteiger partial charge in [-0.25, -0.2) is 4.98 Å². The van der Waals surface area contributed by atoms with Gasteiger partial charge in [-0.3, -0.25) is 0 Å². The number of benzene rings is 1. The molecule has 1 unspecified atom stereocenters. The van der Waals surface area contributed by atoms with E-state index in [1.807, 2.05) is 12.1 Å². The lowest BCUT2D eigenvalue weighted by molar-refractivity contribution is 0.297. The highest BCUT2D eigenvalue weighted by molar-refractivity contribution is 5.78. The van der Waals surface area contributed by atoms with Crippen LogP contribution >= 0.6 is 0 Å². The second-order valence-corrected chi connectivity index (χ2v) is 5.99. The Morgan fingerprint density at radius 2 is 2.10 bits per heavy atom. The SMILES string of the molecule is CCn1c(C(N)C2CCCCC2)nc2cc(OC)ccc21. The minimum absolute atomic E-state index is 0.0450. The Morgan fingerprint density at radius 3 is 2.76 bits per heavy atom. The molecule has 0 saturated heterocycles. The van der Waals surface area contributed by atoms with Crippen molar-refractivity contribution in [1.29, 1.82) is 0 Å². The first-order valence-electron chi connectivity index (χ1n) is 8.04. The normalized spacial score (nSPS) is 18.0. The number of fused-ring (bicyclic) bond motifs is 1. The summed E-state index contributed by atoms with van der Waals surface area (Å²) >= 11 is 0. The molecule has 1 aromatic carbocycles. The highest BCUT2D eigenvalue weighted by Gasteiger charge is 2.26. The predicted octanol–water partition coefficient (Wildman–Crippen LogP) is 3.64. The molecule has 21 heavy (non-hydrogen) atoms. The van der Waals surface area contributed by atoms with Gasteiger partial charge in [0.05, 0.1) is 24.2 Å². The summed E-state index contributed by atoms with van der Waals surface area (Å²) in [6.07, 6.45) is 6.43. The number of aryl methyl sites for hydroxylation is 1. The quantitative estimate of drug-likeness (QED) is 0.934. The molecule has 0 radical (unpaired) electrons. The smallest absolute Gasteiger partial charge is 0.127 e. The molecular formula is C17H25N3O. The van der Waals surface area contributed by atoms with Crippen LogP contribution in [0.25, 0.3) is 11.0 Å². The largest absolute Gasteiger partial charge is 0.497 e. The van der Waals surface area contributed by atoms with Gasteiger partial charge in [-0.05, 0) is 37.8 Å². The van der Waals surface area contributed by atoms with E-state index in [-0.39, 0.29) is 6.04 Å². The molecule has 0 bridgehead atoms. The van der Waals surface area contributed by atoms with Gasteiger partial charge >= 0.3 is 0 Å². The number of hydrogen-bond acceptors (Lipinski definition) is 3. The molecule has 4 nitrogen and oxygen atoms in total. The zero-order valence-electron chi connectivity index (χ0n) is 13.0. The third-order valence-corrected chi connectivity index (χ3v) is 4.76. The van der Waals surface area contributed by atoms with E-state index in [0.29, 0.717) is 5.92 Å². The van der Waals surface area contributed by atoms with Crippen molar-refractivity contribution in [3.63, 3.8) is 0 Å². The molecule has 1 aliphatic rings. The molecule has 1 aliphatic carbocycles. The van der Waals surface area contributed by atoms with Crippen molar-refractivity contribution >= 4 is 11.0 Å². The molecule has 2 N–H and O–H groups in total. The van der Waals surface area contributed by atoms with Gasteiger partial charge in [0.1, 0.15) is 11.6 Å². The summed E-state index contributed by atoms with van der Waals surface area (Å²) in [7, 11) is 1.69. The third kappa shape index (κ3) is 2.64. The molecule has 2 aromatic rings. The summed E-state index contributed by atoms with van der Waals surface area (Å²) in [5, 5.41) is 0. The molecule has 1 heterocycles. The van der Waals surface area contributed by atoms with Crippen LogP contribution in [-0.4, -0.2) is 16.7 Å².